The highest BCUT2D eigenvalue weighted by Crippen LogP contribution is 2.49. The highest BCUT2D eigenvalue weighted by atomic mass is 16.1. The van der Waals surface area contributed by atoms with Crippen LogP contribution in [0.15, 0.2) is 23.2 Å². The molecule has 0 bridgehead atoms. The van der Waals surface area contributed by atoms with Gasteiger partial charge < -0.3 is 0 Å². The summed E-state index contributed by atoms with van der Waals surface area (Å²) >= 11 is 0. The Morgan fingerprint density at radius 2 is 2.00 bits per heavy atom. The minimum atomic E-state index is -0.222. The van der Waals surface area contributed by atoms with Crippen molar-refractivity contribution in [3.8, 4) is 0 Å². The molecule has 0 aliphatic heterocycles. The molecule has 0 amide bonds. The van der Waals surface area contributed by atoms with Crippen molar-refractivity contribution in [3.63, 3.8) is 0 Å². The first-order chi connectivity index (χ1) is 6.68. The van der Waals surface area contributed by atoms with Gasteiger partial charge in [0.2, 0.25) is 6.08 Å². The topological polar surface area (TPSA) is 29.4 Å². The van der Waals surface area contributed by atoms with Gasteiger partial charge in [-0.25, -0.2) is 4.79 Å². The van der Waals surface area contributed by atoms with E-state index < -0.39 is 0 Å². The molecule has 14 heavy (non-hydrogen) atoms. The zero-order valence-corrected chi connectivity index (χ0v) is 8.50. The van der Waals surface area contributed by atoms with Crippen LogP contribution in [0.25, 0.3) is 0 Å². The Morgan fingerprint density at radius 3 is 2.50 bits per heavy atom. The predicted octanol–water partition coefficient (Wildman–Crippen LogP) is 2.63. The fourth-order valence-corrected chi connectivity index (χ4v) is 1.70. The molecular weight excluding hydrogens is 174 g/mol. The predicted molar refractivity (Wildman–Crippen MR) is 54.9 cm³/mol. The van der Waals surface area contributed by atoms with E-state index in [0.717, 1.165) is 18.4 Å². The molecule has 1 saturated carbocycles. The fourth-order valence-electron chi connectivity index (χ4n) is 1.70. The van der Waals surface area contributed by atoms with Gasteiger partial charge >= 0.3 is 0 Å². The number of aliphatic imine (C=N–C) groups is 1. The summed E-state index contributed by atoms with van der Waals surface area (Å²) in [4.78, 5) is 14.2. The number of carbonyl (C=O) groups excluding carboxylic acids is 1. The lowest BCUT2D eigenvalue weighted by Gasteiger charge is -2.10. The summed E-state index contributed by atoms with van der Waals surface area (Å²) in [5.74, 6) is 0. The number of nitrogens with zero attached hydrogens (tertiary/aromatic N) is 1. The molecule has 0 aromatic heterocycles. The van der Waals surface area contributed by atoms with Crippen molar-refractivity contribution in [2.75, 3.05) is 0 Å². The van der Waals surface area contributed by atoms with Crippen molar-refractivity contribution in [1.82, 2.24) is 0 Å². The van der Waals surface area contributed by atoms with Crippen LogP contribution in [-0.4, -0.2) is 6.08 Å². The summed E-state index contributed by atoms with van der Waals surface area (Å²) < 4.78 is 0. The second-order valence-electron chi connectivity index (χ2n) is 4.03. The molecule has 2 rings (SSSR count). The standard InChI is InChI=1S/C12H13NO/c1-9-3-4-11(7-10(9)2)12(5-6-12)13-8-14/h3-4,7H,5-6H2,1-2H3. The van der Waals surface area contributed by atoms with Crippen LogP contribution >= 0.6 is 0 Å². The van der Waals surface area contributed by atoms with Crippen LogP contribution in [0.5, 0.6) is 0 Å². The second-order valence-corrected chi connectivity index (χ2v) is 4.03. The zero-order chi connectivity index (χ0) is 10.2. The quantitative estimate of drug-likeness (QED) is 0.517. The fraction of sp³-hybridized carbons (Fsp3) is 0.417. The molecule has 1 aliphatic carbocycles. The van der Waals surface area contributed by atoms with Gasteiger partial charge in [-0.2, -0.15) is 4.99 Å². The molecule has 0 saturated heterocycles. The molecule has 72 valence electrons. The van der Waals surface area contributed by atoms with E-state index in [-0.39, 0.29) is 5.54 Å². The van der Waals surface area contributed by atoms with E-state index in [2.05, 4.69) is 37.0 Å². The summed E-state index contributed by atoms with van der Waals surface area (Å²) in [5.41, 5.74) is 3.47. The van der Waals surface area contributed by atoms with Gasteiger partial charge in [0.15, 0.2) is 0 Å². The van der Waals surface area contributed by atoms with Crippen molar-refractivity contribution in [2.45, 2.75) is 32.2 Å². The Labute approximate surface area is 83.7 Å². The monoisotopic (exact) mass is 187 g/mol. The highest BCUT2D eigenvalue weighted by Gasteiger charge is 2.44. The van der Waals surface area contributed by atoms with Gasteiger partial charge in [-0.3, -0.25) is 0 Å². The molecule has 1 aromatic rings. The van der Waals surface area contributed by atoms with Gasteiger partial charge in [-0.15, -0.1) is 0 Å². The van der Waals surface area contributed by atoms with Crippen LogP contribution in [0, 0.1) is 13.8 Å². The first kappa shape index (κ1) is 9.17. The molecule has 2 nitrogen and oxygen atoms in total. The van der Waals surface area contributed by atoms with E-state index in [9.17, 15) is 4.79 Å². The SMILES string of the molecule is Cc1ccc(C2(N=C=O)CC2)cc1C. The molecule has 0 spiro atoms. The van der Waals surface area contributed by atoms with Gasteiger partial charge in [0.25, 0.3) is 0 Å². The highest BCUT2D eigenvalue weighted by molar-refractivity contribution is 5.43. The third kappa shape index (κ3) is 1.38. The number of benzene rings is 1. The summed E-state index contributed by atoms with van der Waals surface area (Å²) in [6.45, 7) is 4.17. The average Bonchev–Trinajstić information content (AvgIpc) is 2.91. The maximum absolute atomic E-state index is 10.3. The zero-order valence-electron chi connectivity index (χ0n) is 8.50. The van der Waals surface area contributed by atoms with Crippen LogP contribution < -0.4 is 0 Å². The normalized spacial score (nSPS) is 17.3. The number of rotatable bonds is 2. The van der Waals surface area contributed by atoms with E-state index in [4.69, 9.17) is 0 Å². The van der Waals surface area contributed by atoms with Gasteiger partial charge in [0.1, 0.15) is 0 Å². The van der Waals surface area contributed by atoms with Gasteiger partial charge in [0, 0.05) is 0 Å². The Balaban J connectivity index is 2.42. The summed E-state index contributed by atoms with van der Waals surface area (Å²) in [7, 11) is 0. The number of isocyanates is 1. The third-order valence-electron chi connectivity index (χ3n) is 3.03. The lowest BCUT2D eigenvalue weighted by atomic mass is 10.00. The molecule has 1 aliphatic rings. The lowest BCUT2D eigenvalue weighted by Crippen LogP contribution is -2.02. The minimum absolute atomic E-state index is 0.222. The van der Waals surface area contributed by atoms with Crippen LogP contribution in [0.3, 0.4) is 0 Å². The lowest BCUT2D eigenvalue weighted by molar-refractivity contribution is 0.556. The van der Waals surface area contributed by atoms with E-state index in [1.165, 1.54) is 11.1 Å². The van der Waals surface area contributed by atoms with Crippen molar-refractivity contribution in [2.24, 2.45) is 4.99 Å². The molecule has 0 atom stereocenters. The molecule has 2 heteroatoms. The number of hydrogen-bond donors (Lipinski definition) is 0. The van der Waals surface area contributed by atoms with Crippen molar-refractivity contribution in [3.05, 3.63) is 34.9 Å². The first-order valence-electron chi connectivity index (χ1n) is 4.85. The van der Waals surface area contributed by atoms with Gasteiger partial charge in [-0.05, 0) is 43.4 Å². The van der Waals surface area contributed by atoms with Gasteiger partial charge in [-0.1, -0.05) is 18.2 Å². The molecule has 0 N–H and O–H groups in total. The minimum Gasteiger partial charge on any atom is -0.211 e. The summed E-state index contributed by atoms with van der Waals surface area (Å²) in [6.07, 6.45) is 3.63. The first-order valence-corrected chi connectivity index (χ1v) is 4.85. The van der Waals surface area contributed by atoms with Gasteiger partial charge in [0.05, 0.1) is 5.54 Å². The smallest absolute Gasteiger partial charge is 0.211 e. The van der Waals surface area contributed by atoms with Crippen LogP contribution in [0.4, 0.5) is 0 Å². The molecule has 0 radical (unpaired) electrons. The molecular formula is C12H13NO. The number of aryl methyl sites for hydroxylation is 2. The van der Waals surface area contributed by atoms with Crippen molar-refractivity contribution < 1.29 is 4.79 Å². The average molecular weight is 187 g/mol. The second kappa shape index (κ2) is 3.07. The van der Waals surface area contributed by atoms with Crippen LogP contribution in [-0.2, 0) is 10.3 Å². The van der Waals surface area contributed by atoms with Crippen LogP contribution in [0.2, 0.25) is 0 Å². The van der Waals surface area contributed by atoms with Crippen LogP contribution in [0.1, 0.15) is 29.5 Å². The Kier molecular flexibility index (Phi) is 2.01. The van der Waals surface area contributed by atoms with E-state index in [1.807, 2.05) is 0 Å². The Bertz CT molecular complexity index is 412. The summed E-state index contributed by atoms with van der Waals surface area (Å²) in [6, 6.07) is 6.28. The maximum Gasteiger partial charge on any atom is 0.235 e. The molecule has 0 heterocycles. The molecule has 1 fully saturated rings. The maximum atomic E-state index is 10.3. The van der Waals surface area contributed by atoms with Crippen molar-refractivity contribution >= 4 is 6.08 Å². The van der Waals surface area contributed by atoms with E-state index >= 15 is 0 Å². The Hall–Kier alpha value is -1.40. The van der Waals surface area contributed by atoms with E-state index in [0.29, 0.717) is 0 Å². The number of hydrogen-bond acceptors (Lipinski definition) is 2. The third-order valence-corrected chi connectivity index (χ3v) is 3.03. The largest absolute Gasteiger partial charge is 0.235 e. The van der Waals surface area contributed by atoms with E-state index in [1.54, 1.807) is 6.08 Å². The molecule has 1 aromatic carbocycles. The van der Waals surface area contributed by atoms with Crippen molar-refractivity contribution in [1.29, 1.82) is 0 Å². The molecule has 0 unspecified atom stereocenters. The summed E-state index contributed by atoms with van der Waals surface area (Å²) in [5, 5.41) is 0. The Morgan fingerprint density at radius 1 is 1.29 bits per heavy atom.